The normalized spacial score (nSPS) is 18.9. The van der Waals surface area contributed by atoms with E-state index in [-0.39, 0.29) is 11.9 Å². The average molecular weight is 398 g/mol. The SMILES string of the molecule is COCCCN1C(=O)N(Cc2ccccc2)C2(CCN(c3ncco3)CC2)C1=O. The van der Waals surface area contributed by atoms with Gasteiger partial charge in [0, 0.05) is 39.9 Å². The van der Waals surface area contributed by atoms with Gasteiger partial charge in [0.25, 0.3) is 11.9 Å². The van der Waals surface area contributed by atoms with Crippen molar-refractivity contribution in [3.8, 4) is 0 Å². The van der Waals surface area contributed by atoms with Crippen molar-refractivity contribution >= 4 is 18.0 Å². The molecule has 0 radical (unpaired) electrons. The topological polar surface area (TPSA) is 79.1 Å². The van der Waals surface area contributed by atoms with Crippen molar-refractivity contribution in [3.05, 3.63) is 48.4 Å². The van der Waals surface area contributed by atoms with E-state index in [0.29, 0.717) is 58.1 Å². The molecule has 3 heterocycles. The second-order valence-corrected chi connectivity index (χ2v) is 7.49. The molecule has 8 nitrogen and oxygen atoms in total. The first kappa shape index (κ1) is 19.4. The van der Waals surface area contributed by atoms with Gasteiger partial charge >= 0.3 is 6.03 Å². The number of imide groups is 1. The van der Waals surface area contributed by atoms with Crippen LogP contribution in [-0.4, -0.2) is 65.6 Å². The second kappa shape index (κ2) is 8.24. The highest BCUT2D eigenvalue weighted by Gasteiger charge is 2.57. The molecule has 1 spiro atoms. The van der Waals surface area contributed by atoms with Crippen molar-refractivity contribution in [1.82, 2.24) is 14.8 Å². The molecule has 154 valence electrons. The molecule has 2 aromatic rings. The van der Waals surface area contributed by atoms with Gasteiger partial charge in [0.15, 0.2) is 0 Å². The standard InChI is InChI=1S/C21H26N4O4/c1-28-14-5-11-24-18(26)21(8-12-23(13-9-21)19-22-10-15-29-19)25(20(24)27)16-17-6-3-2-4-7-17/h2-4,6-7,10,15H,5,8-9,11-14,16H2,1H3. The Morgan fingerprint density at radius 3 is 2.59 bits per heavy atom. The number of rotatable bonds is 7. The van der Waals surface area contributed by atoms with Gasteiger partial charge in [-0.05, 0) is 24.8 Å². The number of anilines is 1. The summed E-state index contributed by atoms with van der Waals surface area (Å²) in [6.45, 7) is 2.53. The van der Waals surface area contributed by atoms with Crippen LogP contribution in [0.2, 0.25) is 0 Å². The van der Waals surface area contributed by atoms with Gasteiger partial charge in [-0.1, -0.05) is 30.3 Å². The fourth-order valence-corrected chi connectivity index (χ4v) is 4.26. The molecule has 0 unspecified atom stereocenters. The van der Waals surface area contributed by atoms with E-state index < -0.39 is 5.54 Å². The number of aromatic nitrogens is 1. The maximum Gasteiger partial charge on any atom is 0.327 e. The molecule has 2 aliphatic heterocycles. The van der Waals surface area contributed by atoms with Crippen LogP contribution in [0.25, 0.3) is 0 Å². The van der Waals surface area contributed by atoms with Gasteiger partial charge in [-0.3, -0.25) is 9.69 Å². The Labute approximate surface area is 170 Å². The molecule has 8 heteroatoms. The van der Waals surface area contributed by atoms with Gasteiger partial charge in [-0.2, -0.15) is 0 Å². The molecule has 0 bridgehead atoms. The van der Waals surface area contributed by atoms with E-state index in [1.807, 2.05) is 35.2 Å². The number of amides is 3. The number of carbonyl (C=O) groups is 2. The van der Waals surface area contributed by atoms with Crippen LogP contribution in [0, 0.1) is 0 Å². The summed E-state index contributed by atoms with van der Waals surface area (Å²) in [6.07, 6.45) is 4.89. The Hall–Kier alpha value is -2.87. The number of carbonyl (C=O) groups excluding carboxylic acids is 2. The number of hydrogen-bond donors (Lipinski definition) is 0. The lowest BCUT2D eigenvalue weighted by Crippen LogP contribution is -2.56. The smallest absolute Gasteiger partial charge is 0.327 e. The monoisotopic (exact) mass is 398 g/mol. The van der Waals surface area contributed by atoms with E-state index in [0.717, 1.165) is 5.56 Å². The summed E-state index contributed by atoms with van der Waals surface area (Å²) in [6, 6.07) is 10.2. The van der Waals surface area contributed by atoms with Gasteiger partial charge in [0.2, 0.25) is 0 Å². The molecule has 1 aromatic heterocycles. The minimum atomic E-state index is -0.816. The third-order valence-electron chi connectivity index (χ3n) is 5.82. The summed E-state index contributed by atoms with van der Waals surface area (Å²) in [5.41, 5.74) is 0.199. The molecular weight excluding hydrogens is 372 g/mol. The maximum atomic E-state index is 13.4. The van der Waals surface area contributed by atoms with Crippen LogP contribution in [0.5, 0.6) is 0 Å². The lowest BCUT2D eigenvalue weighted by molar-refractivity contribution is -0.134. The summed E-state index contributed by atoms with van der Waals surface area (Å²) in [4.78, 5) is 36.1. The summed E-state index contributed by atoms with van der Waals surface area (Å²) < 4.78 is 10.5. The van der Waals surface area contributed by atoms with Crippen LogP contribution in [0.15, 0.2) is 47.2 Å². The summed E-state index contributed by atoms with van der Waals surface area (Å²) in [7, 11) is 1.62. The molecular formula is C21H26N4O4. The first-order valence-corrected chi connectivity index (χ1v) is 9.96. The predicted octanol–water partition coefficient (Wildman–Crippen LogP) is 2.51. The van der Waals surface area contributed by atoms with E-state index in [4.69, 9.17) is 9.15 Å². The van der Waals surface area contributed by atoms with Gasteiger partial charge in [0.05, 0.1) is 6.20 Å². The van der Waals surface area contributed by atoms with E-state index in [9.17, 15) is 9.59 Å². The fourth-order valence-electron chi connectivity index (χ4n) is 4.26. The highest BCUT2D eigenvalue weighted by atomic mass is 16.5. The van der Waals surface area contributed by atoms with Crippen LogP contribution in [0.1, 0.15) is 24.8 Å². The lowest BCUT2D eigenvalue weighted by atomic mass is 9.85. The Morgan fingerprint density at radius 2 is 1.93 bits per heavy atom. The molecule has 2 aliphatic rings. The lowest BCUT2D eigenvalue weighted by Gasteiger charge is -2.41. The fraction of sp³-hybridized carbons (Fsp3) is 0.476. The summed E-state index contributed by atoms with van der Waals surface area (Å²) in [5, 5.41) is 0. The van der Waals surface area contributed by atoms with Crippen molar-refractivity contribution in [1.29, 1.82) is 0 Å². The Bertz CT molecular complexity index is 832. The maximum absolute atomic E-state index is 13.4. The van der Waals surface area contributed by atoms with Crippen molar-refractivity contribution < 1.29 is 18.7 Å². The van der Waals surface area contributed by atoms with Gasteiger partial charge in [-0.15, -0.1) is 0 Å². The number of oxazole rings is 1. The average Bonchev–Trinajstić information content (AvgIpc) is 3.35. The summed E-state index contributed by atoms with van der Waals surface area (Å²) in [5.74, 6) is -0.0958. The Kier molecular flexibility index (Phi) is 5.53. The molecule has 4 rings (SSSR count). The number of ether oxygens (including phenoxy) is 1. The van der Waals surface area contributed by atoms with Crippen molar-refractivity contribution in [2.45, 2.75) is 31.3 Å². The Balaban J connectivity index is 1.57. The van der Waals surface area contributed by atoms with Crippen LogP contribution in [0.3, 0.4) is 0 Å². The van der Waals surface area contributed by atoms with Crippen LogP contribution in [0.4, 0.5) is 10.8 Å². The number of hydrogen-bond acceptors (Lipinski definition) is 6. The molecule has 1 aromatic carbocycles. The molecule has 0 N–H and O–H groups in total. The van der Waals surface area contributed by atoms with Crippen molar-refractivity contribution in [2.24, 2.45) is 0 Å². The van der Waals surface area contributed by atoms with Crippen LogP contribution in [-0.2, 0) is 16.1 Å². The molecule has 3 amide bonds. The van der Waals surface area contributed by atoms with E-state index in [1.54, 1.807) is 24.5 Å². The van der Waals surface area contributed by atoms with Gasteiger partial charge in [-0.25, -0.2) is 9.78 Å². The third kappa shape index (κ3) is 3.60. The number of methoxy groups -OCH3 is 1. The predicted molar refractivity (Wildman–Crippen MR) is 106 cm³/mol. The highest BCUT2D eigenvalue weighted by molar-refractivity contribution is 6.07. The second-order valence-electron chi connectivity index (χ2n) is 7.49. The number of nitrogens with zero attached hydrogens (tertiary/aromatic N) is 4. The zero-order valence-electron chi connectivity index (χ0n) is 16.6. The van der Waals surface area contributed by atoms with Crippen molar-refractivity contribution in [2.75, 3.05) is 38.3 Å². The molecule has 0 atom stereocenters. The van der Waals surface area contributed by atoms with E-state index in [2.05, 4.69) is 4.98 Å². The van der Waals surface area contributed by atoms with Crippen LogP contribution >= 0.6 is 0 Å². The molecule has 0 saturated carbocycles. The molecule has 29 heavy (non-hydrogen) atoms. The zero-order valence-corrected chi connectivity index (χ0v) is 16.6. The first-order chi connectivity index (χ1) is 14.2. The Morgan fingerprint density at radius 1 is 1.17 bits per heavy atom. The minimum absolute atomic E-state index is 0.0958. The summed E-state index contributed by atoms with van der Waals surface area (Å²) >= 11 is 0. The van der Waals surface area contributed by atoms with Crippen LogP contribution < -0.4 is 4.90 Å². The number of benzene rings is 1. The van der Waals surface area contributed by atoms with E-state index in [1.165, 1.54) is 4.90 Å². The van der Waals surface area contributed by atoms with Gasteiger partial charge < -0.3 is 19.0 Å². The quantitative estimate of drug-likeness (QED) is 0.527. The molecule has 2 saturated heterocycles. The largest absolute Gasteiger partial charge is 0.432 e. The first-order valence-electron chi connectivity index (χ1n) is 9.96. The zero-order chi connectivity index (χ0) is 20.3. The van der Waals surface area contributed by atoms with E-state index >= 15 is 0 Å². The number of piperidine rings is 1. The number of urea groups is 1. The van der Waals surface area contributed by atoms with Crippen molar-refractivity contribution in [3.63, 3.8) is 0 Å². The highest BCUT2D eigenvalue weighted by Crippen LogP contribution is 2.39. The minimum Gasteiger partial charge on any atom is -0.432 e. The van der Waals surface area contributed by atoms with Gasteiger partial charge in [0.1, 0.15) is 11.8 Å². The third-order valence-corrected chi connectivity index (χ3v) is 5.82. The molecule has 0 aliphatic carbocycles. The molecule has 2 fully saturated rings.